The van der Waals surface area contributed by atoms with E-state index in [1.54, 1.807) is 43.5 Å². The number of rotatable bonds is 6. The lowest BCUT2D eigenvalue weighted by molar-refractivity contribution is 0.415. The molecule has 5 rings (SSSR count). The Kier molecular flexibility index (Phi) is 6.40. The van der Waals surface area contributed by atoms with Crippen LogP contribution in [-0.4, -0.2) is 46.7 Å². The summed E-state index contributed by atoms with van der Waals surface area (Å²) in [6.07, 6.45) is 0. The van der Waals surface area contributed by atoms with E-state index in [4.69, 9.17) is 9.15 Å². The number of nitrogens with zero attached hydrogens (tertiary/aromatic N) is 3. The van der Waals surface area contributed by atoms with E-state index >= 15 is 0 Å². The van der Waals surface area contributed by atoms with E-state index in [9.17, 15) is 12.8 Å². The zero-order valence-electron chi connectivity index (χ0n) is 20.0. The molecule has 2 heterocycles. The van der Waals surface area contributed by atoms with Crippen LogP contribution in [0.3, 0.4) is 0 Å². The summed E-state index contributed by atoms with van der Waals surface area (Å²) in [6.45, 7) is 4.19. The Bertz CT molecular complexity index is 1460. The van der Waals surface area contributed by atoms with Gasteiger partial charge in [0.2, 0.25) is 26.6 Å². The van der Waals surface area contributed by atoms with Crippen molar-refractivity contribution in [1.29, 1.82) is 0 Å². The third-order valence-electron chi connectivity index (χ3n) is 6.27. The van der Waals surface area contributed by atoms with E-state index in [1.807, 2.05) is 36.1 Å². The molecule has 36 heavy (non-hydrogen) atoms. The largest absolute Gasteiger partial charge is 0.497 e. The number of aromatic nitrogens is 1. The Hall–Kier alpha value is -3.85. The van der Waals surface area contributed by atoms with Gasteiger partial charge in [-0.05, 0) is 55.5 Å². The van der Waals surface area contributed by atoms with Gasteiger partial charge in [0.05, 0.1) is 17.6 Å². The first-order valence-electron chi connectivity index (χ1n) is 11.6. The number of aryl methyl sites for hydroxylation is 1. The molecule has 0 aliphatic carbocycles. The highest BCUT2D eigenvalue weighted by molar-refractivity contribution is 7.91. The first kappa shape index (κ1) is 23.9. The van der Waals surface area contributed by atoms with Crippen LogP contribution < -0.4 is 14.5 Å². The standard InChI is InChI=1S/C27H26FN3O4S/c1-19-7-13-22(14-8-19)36(32,33)26-27(35-25(29-26)23-5-3-4-6-24(23)28)31-17-15-30(16-18-31)20-9-11-21(34-2)12-10-20/h3-14H,15-18H2,1-2H3. The SMILES string of the molecule is COc1ccc(N2CCN(c3oc(-c4ccccc4F)nc3S(=O)(=O)c3ccc(C)cc3)CC2)cc1. The molecule has 9 heteroatoms. The zero-order chi connectivity index (χ0) is 25.3. The van der Waals surface area contributed by atoms with Crippen molar-refractivity contribution in [3.63, 3.8) is 0 Å². The predicted molar refractivity (Wildman–Crippen MR) is 136 cm³/mol. The minimum absolute atomic E-state index is 0.0635. The van der Waals surface area contributed by atoms with Gasteiger partial charge >= 0.3 is 0 Å². The van der Waals surface area contributed by atoms with Crippen LogP contribution in [-0.2, 0) is 9.84 Å². The van der Waals surface area contributed by atoms with E-state index in [1.165, 1.54) is 12.1 Å². The van der Waals surface area contributed by atoms with Crippen LogP contribution in [0.25, 0.3) is 11.5 Å². The number of piperazine rings is 1. The van der Waals surface area contributed by atoms with Crippen LogP contribution in [0.2, 0.25) is 0 Å². The van der Waals surface area contributed by atoms with Crippen LogP contribution >= 0.6 is 0 Å². The topological polar surface area (TPSA) is 75.9 Å². The molecule has 1 saturated heterocycles. The Morgan fingerprint density at radius 1 is 0.889 bits per heavy atom. The van der Waals surface area contributed by atoms with E-state index < -0.39 is 15.7 Å². The molecule has 0 N–H and O–H groups in total. The fourth-order valence-corrected chi connectivity index (χ4v) is 5.53. The number of anilines is 2. The predicted octanol–water partition coefficient (Wildman–Crippen LogP) is 4.96. The van der Waals surface area contributed by atoms with Gasteiger partial charge in [-0.3, -0.25) is 0 Å². The smallest absolute Gasteiger partial charge is 0.236 e. The summed E-state index contributed by atoms with van der Waals surface area (Å²) < 4.78 is 53.0. The molecule has 1 fully saturated rings. The van der Waals surface area contributed by atoms with E-state index in [-0.39, 0.29) is 27.3 Å². The molecule has 186 valence electrons. The summed E-state index contributed by atoms with van der Waals surface area (Å²) in [4.78, 5) is 8.50. The van der Waals surface area contributed by atoms with Crippen molar-refractivity contribution in [3.05, 3.63) is 84.2 Å². The molecule has 7 nitrogen and oxygen atoms in total. The fourth-order valence-electron chi connectivity index (χ4n) is 4.21. The molecule has 1 aliphatic rings. The van der Waals surface area contributed by atoms with Crippen molar-refractivity contribution in [3.8, 4) is 17.2 Å². The third-order valence-corrected chi connectivity index (χ3v) is 7.94. The molecular formula is C27H26FN3O4S. The van der Waals surface area contributed by atoms with Gasteiger partial charge in [0.25, 0.3) is 0 Å². The minimum Gasteiger partial charge on any atom is -0.497 e. The molecule has 4 aromatic rings. The number of oxazole rings is 1. The maximum absolute atomic E-state index is 14.5. The second kappa shape index (κ2) is 9.66. The maximum atomic E-state index is 14.5. The summed E-state index contributed by atoms with van der Waals surface area (Å²) in [6, 6.07) is 20.4. The Morgan fingerprint density at radius 3 is 2.17 bits per heavy atom. The highest BCUT2D eigenvalue weighted by atomic mass is 32.2. The Labute approximate surface area is 209 Å². The number of sulfone groups is 1. The lowest BCUT2D eigenvalue weighted by Crippen LogP contribution is -2.46. The summed E-state index contributed by atoms with van der Waals surface area (Å²) >= 11 is 0. The summed E-state index contributed by atoms with van der Waals surface area (Å²) in [5.41, 5.74) is 2.10. The fraction of sp³-hybridized carbons (Fsp3) is 0.222. The van der Waals surface area contributed by atoms with Gasteiger partial charge < -0.3 is 19.0 Å². The molecule has 0 saturated carbocycles. The van der Waals surface area contributed by atoms with Crippen molar-refractivity contribution in [2.45, 2.75) is 16.8 Å². The molecule has 0 unspecified atom stereocenters. The highest BCUT2D eigenvalue weighted by Gasteiger charge is 2.33. The average Bonchev–Trinajstić information content (AvgIpc) is 3.36. The highest BCUT2D eigenvalue weighted by Crippen LogP contribution is 2.36. The van der Waals surface area contributed by atoms with Gasteiger partial charge in [-0.1, -0.05) is 29.8 Å². The van der Waals surface area contributed by atoms with E-state index in [2.05, 4.69) is 9.88 Å². The summed E-state index contributed by atoms with van der Waals surface area (Å²) in [7, 11) is -2.38. The van der Waals surface area contributed by atoms with Gasteiger partial charge in [-0.15, -0.1) is 0 Å². The number of halogens is 1. The molecule has 0 amide bonds. The van der Waals surface area contributed by atoms with Crippen molar-refractivity contribution in [1.82, 2.24) is 4.98 Å². The summed E-state index contributed by atoms with van der Waals surface area (Å²) in [5, 5.41) is -0.206. The van der Waals surface area contributed by atoms with Crippen molar-refractivity contribution < 1.29 is 22.0 Å². The first-order valence-corrected chi connectivity index (χ1v) is 13.1. The van der Waals surface area contributed by atoms with E-state index in [0.29, 0.717) is 26.2 Å². The van der Waals surface area contributed by atoms with Gasteiger partial charge in [0, 0.05) is 31.9 Å². The van der Waals surface area contributed by atoms with Crippen LogP contribution in [0, 0.1) is 12.7 Å². The lowest BCUT2D eigenvalue weighted by Gasteiger charge is -2.36. The monoisotopic (exact) mass is 507 g/mol. The quantitative estimate of drug-likeness (QED) is 0.365. The number of hydrogen-bond donors (Lipinski definition) is 0. The second-order valence-corrected chi connectivity index (χ2v) is 10.5. The number of benzene rings is 3. The number of methoxy groups -OCH3 is 1. The molecule has 0 atom stereocenters. The van der Waals surface area contributed by atoms with Gasteiger partial charge in [0.15, 0.2) is 0 Å². The molecule has 0 radical (unpaired) electrons. The zero-order valence-corrected chi connectivity index (χ0v) is 20.8. The molecule has 3 aromatic carbocycles. The lowest BCUT2D eigenvalue weighted by atomic mass is 10.2. The van der Waals surface area contributed by atoms with Crippen molar-refractivity contribution >= 4 is 21.4 Å². The number of hydrogen-bond acceptors (Lipinski definition) is 7. The van der Waals surface area contributed by atoms with Crippen LogP contribution in [0.15, 0.2) is 87.1 Å². The van der Waals surface area contributed by atoms with Gasteiger partial charge in [0.1, 0.15) is 11.6 Å². The molecular weight excluding hydrogens is 481 g/mol. The van der Waals surface area contributed by atoms with Gasteiger partial charge in [-0.2, -0.15) is 4.98 Å². The van der Waals surface area contributed by atoms with Crippen LogP contribution in [0.1, 0.15) is 5.56 Å². The first-order chi connectivity index (χ1) is 17.4. The van der Waals surface area contributed by atoms with Crippen molar-refractivity contribution in [2.24, 2.45) is 0 Å². The third kappa shape index (κ3) is 4.54. The second-order valence-electron chi connectivity index (χ2n) is 8.60. The average molecular weight is 508 g/mol. The Morgan fingerprint density at radius 2 is 1.53 bits per heavy atom. The summed E-state index contributed by atoms with van der Waals surface area (Å²) in [5.74, 6) is 0.314. The number of ether oxygens (including phenoxy) is 1. The molecule has 1 aliphatic heterocycles. The normalized spacial score (nSPS) is 14.2. The molecule has 1 aromatic heterocycles. The molecule has 0 bridgehead atoms. The van der Waals surface area contributed by atoms with Crippen LogP contribution in [0.5, 0.6) is 5.75 Å². The maximum Gasteiger partial charge on any atom is 0.236 e. The van der Waals surface area contributed by atoms with Crippen molar-refractivity contribution in [2.75, 3.05) is 43.1 Å². The molecule has 0 spiro atoms. The van der Waals surface area contributed by atoms with Crippen LogP contribution in [0.4, 0.5) is 16.0 Å². The van der Waals surface area contributed by atoms with E-state index in [0.717, 1.165) is 17.0 Å². The minimum atomic E-state index is -4.01. The Balaban J connectivity index is 1.49. The van der Waals surface area contributed by atoms with Gasteiger partial charge in [-0.25, -0.2) is 12.8 Å².